The molecule has 7 rings (SSSR count). The summed E-state index contributed by atoms with van der Waals surface area (Å²) in [5.41, 5.74) is 4.53. The Labute approximate surface area is 207 Å². The first-order chi connectivity index (χ1) is 17.7. The number of ether oxygens (including phenoxy) is 2. The molecule has 1 aliphatic carbocycles. The van der Waals surface area contributed by atoms with E-state index in [0.717, 1.165) is 59.6 Å². The van der Waals surface area contributed by atoms with Gasteiger partial charge in [-0.15, -0.1) is 0 Å². The van der Waals surface area contributed by atoms with Gasteiger partial charge >= 0.3 is 0 Å². The van der Waals surface area contributed by atoms with Crippen molar-refractivity contribution in [3.05, 3.63) is 64.2 Å². The fraction of sp³-hybridized carbons (Fsp3) is 0.357. The van der Waals surface area contributed by atoms with Gasteiger partial charge in [-0.25, -0.2) is 15.0 Å². The summed E-state index contributed by atoms with van der Waals surface area (Å²) in [7, 11) is 0. The lowest BCUT2D eigenvalue weighted by Crippen LogP contribution is -2.30. The molecule has 1 fully saturated rings. The lowest BCUT2D eigenvalue weighted by atomic mass is 9.95. The van der Waals surface area contributed by atoms with Crippen molar-refractivity contribution in [2.45, 2.75) is 58.0 Å². The highest BCUT2D eigenvalue weighted by Gasteiger charge is 2.26. The predicted molar refractivity (Wildman–Crippen MR) is 138 cm³/mol. The average molecular weight is 482 g/mol. The minimum atomic E-state index is 0.00256. The van der Waals surface area contributed by atoms with Crippen molar-refractivity contribution in [2.24, 2.45) is 0 Å². The van der Waals surface area contributed by atoms with E-state index >= 15 is 0 Å². The second-order valence-corrected chi connectivity index (χ2v) is 9.71. The van der Waals surface area contributed by atoms with E-state index in [2.05, 4.69) is 6.92 Å². The quantitative estimate of drug-likeness (QED) is 0.353. The van der Waals surface area contributed by atoms with E-state index in [1.165, 1.54) is 6.42 Å². The number of hydrogen-bond acceptors (Lipinski definition) is 6. The molecule has 1 saturated carbocycles. The van der Waals surface area contributed by atoms with Crippen molar-refractivity contribution in [1.29, 1.82) is 0 Å². The molecule has 0 N–H and O–H groups in total. The van der Waals surface area contributed by atoms with E-state index in [1.54, 1.807) is 0 Å². The summed E-state index contributed by atoms with van der Waals surface area (Å²) in [4.78, 5) is 29.2. The van der Waals surface area contributed by atoms with Gasteiger partial charge in [-0.05, 0) is 42.7 Å². The van der Waals surface area contributed by atoms with Crippen LogP contribution in [0, 0.1) is 0 Å². The molecule has 8 heteroatoms. The molecule has 5 aromatic rings. The number of aromatic nitrogens is 5. The van der Waals surface area contributed by atoms with Crippen LogP contribution >= 0.6 is 0 Å². The average Bonchev–Trinajstić information content (AvgIpc) is 3.50. The van der Waals surface area contributed by atoms with Gasteiger partial charge in [0.15, 0.2) is 22.8 Å². The fourth-order valence-corrected chi connectivity index (χ4v) is 5.75. The molecule has 3 aromatic heterocycles. The van der Waals surface area contributed by atoms with E-state index in [-0.39, 0.29) is 18.4 Å². The van der Waals surface area contributed by atoms with Gasteiger partial charge in [0.1, 0.15) is 16.7 Å². The molecular formula is C28H27N5O3. The maximum absolute atomic E-state index is 14.2. The zero-order valence-corrected chi connectivity index (χ0v) is 20.2. The smallest absolute Gasteiger partial charge is 0.265 e. The Morgan fingerprint density at radius 3 is 2.50 bits per heavy atom. The molecular weight excluding hydrogens is 454 g/mol. The molecule has 0 unspecified atom stereocenters. The highest BCUT2D eigenvalue weighted by atomic mass is 16.7. The van der Waals surface area contributed by atoms with Gasteiger partial charge < -0.3 is 14.0 Å². The Hall–Kier alpha value is -3.94. The maximum atomic E-state index is 14.2. The monoisotopic (exact) mass is 481 g/mol. The largest absolute Gasteiger partial charge is 0.454 e. The molecule has 2 aliphatic rings. The van der Waals surface area contributed by atoms with Crippen LogP contribution in [0.3, 0.4) is 0 Å². The molecule has 2 aromatic carbocycles. The van der Waals surface area contributed by atoms with Crippen molar-refractivity contribution in [2.75, 3.05) is 6.79 Å². The molecule has 0 radical (unpaired) electrons. The summed E-state index contributed by atoms with van der Waals surface area (Å²) >= 11 is 0. The Morgan fingerprint density at radius 2 is 1.69 bits per heavy atom. The number of nitrogens with zero attached hydrogens (tertiary/aromatic N) is 5. The van der Waals surface area contributed by atoms with Crippen molar-refractivity contribution >= 4 is 33.2 Å². The van der Waals surface area contributed by atoms with Crippen LogP contribution in [-0.4, -0.2) is 30.9 Å². The van der Waals surface area contributed by atoms with Crippen LogP contribution in [-0.2, 0) is 13.0 Å². The number of hydrogen-bond donors (Lipinski definition) is 0. The minimum Gasteiger partial charge on any atom is -0.454 e. The molecule has 8 nitrogen and oxygen atoms in total. The Kier molecular flexibility index (Phi) is 4.94. The molecule has 4 heterocycles. The summed E-state index contributed by atoms with van der Waals surface area (Å²) in [5.74, 6) is 2.30. The first-order valence-corrected chi connectivity index (χ1v) is 12.8. The highest BCUT2D eigenvalue weighted by molar-refractivity contribution is 6.04. The standard InChI is InChI=1S/C28H27N5O3/c1-2-23-31-26-24(28(34)33(23)18-8-4-3-5-9-18)25-27(30-20-11-7-6-10-19(20)29-25)32(26)15-17-12-13-21-22(14-17)36-16-35-21/h6-7,10-14,18H,2-5,8-9,15-16H2,1H3. The van der Waals surface area contributed by atoms with E-state index in [9.17, 15) is 4.79 Å². The summed E-state index contributed by atoms with van der Waals surface area (Å²) in [6.45, 7) is 2.79. The van der Waals surface area contributed by atoms with Crippen molar-refractivity contribution < 1.29 is 9.47 Å². The zero-order valence-electron chi connectivity index (χ0n) is 20.2. The molecule has 0 spiro atoms. The molecule has 182 valence electrons. The van der Waals surface area contributed by atoms with E-state index in [4.69, 9.17) is 24.4 Å². The van der Waals surface area contributed by atoms with Crippen molar-refractivity contribution in [3.63, 3.8) is 0 Å². The Bertz CT molecular complexity index is 1700. The van der Waals surface area contributed by atoms with Crippen molar-refractivity contribution in [3.8, 4) is 11.5 Å². The van der Waals surface area contributed by atoms with Crippen LogP contribution in [0.25, 0.3) is 33.2 Å². The summed E-state index contributed by atoms with van der Waals surface area (Å²) in [6.07, 6.45) is 6.25. The van der Waals surface area contributed by atoms with Gasteiger partial charge in [0.05, 0.1) is 17.6 Å². The number of rotatable bonds is 4. The normalized spacial score (nSPS) is 15.9. The second-order valence-electron chi connectivity index (χ2n) is 9.71. The van der Waals surface area contributed by atoms with Crippen LogP contribution in [0.5, 0.6) is 11.5 Å². The SMILES string of the molecule is CCc1nc2c(c(=O)n1C1CCCCC1)c1nc3ccccc3nc1n2Cc1ccc2c(c1)OCO2. The number of fused-ring (bicyclic) bond motifs is 5. The van der Waals surface area contributed by atoms with Crippen molar-refractivity contribution in [1.82, 2.24) is 24.1 Å². The van der Waals surface area contributed by atoms with Crippen LogP contribution in [0.15, 0.2) is 47.3 Å². The third-order valence-electron chi connectivity index (χ3n) is 7.50. The third kappa shape index (κ3) is 3.27. The zero-order chi connectivity index (χ0) is 24.2. The predicted octanol–water partition coefficient (Wildman–Crippen LogP) is 5.14. The molecule has 0 bridgehead atoms. The van der Waals surface area contributed by atoms with Gasteiger partial charge in [-0.1, -0.05) is 44.4 Å². The second kappa shape index (κ2) is 8.33. The van der Waals surface area contributed by atoms with E-state index in [1.807, 2.05) is 51.6 Å². The highest BCUT2D eigenvalue weighted by Crippen LogP contribution is 2.34. The van der Waals surface area contributed by atoms with Gasteiger partial charge in [0, 0.05) is 12.5 Å². The lowest BCUT2D eigenvalue weighted by Gasteiger charge is -2.26. The lowest BCUT2D eigenvalue weighted by molar-refractivity contribution is 0.174. The molecule has 1 aliphatic heterocycles. The minimum absolute atomic E-state index is 0.00256. The molecule has 0 saturated heterocycles. The van der Waals surface area contributed by atoms with E-state index in [0.29, 0.717) is 35.2 Å². The topological polar surface area (TPSA) is 84.1 Å². The summed E-state index contributed by atoms with van der Waals surface area (Å²) < 4.78 is 15.1. The molecule has 36 heavy (non-hydrogen) atoms. The van der Waals surface area contributed by atoms with Gasteiger partial charge in [0.2, 0.25) is 6.79 Å². The number of para-hydroxylation sites is 2. The molecule has 0 amide bonds. The van der Waals surface area contributed by atoms with Crippen LogP contribution in [0.1, 0.15) is 56.5 Å². The van der Waals surface area contributed by atoms with Crippen LogP contribution < -0.4 is 15.0 Å². The van der Waals surface area contributed by atoms with Gasteiger partial charge in [-0.2, -0.15) is 0 Å². The molecule has 0 atom stereocenters. The first-order valence-electron chi connectivity index (χ1n) is 12.8. The van der Waals surface area contributed by atoms with Crippen LogP contribution in [0.2, 0.25) is 0 Å². The third-order valence-corrected chi connectivity index (χ3v) is 7.50. The Morgan fingerprint density at radius 1 is 0.917 bits per heavy atom. The van der Waals surface area contributed by atoms with Gasteiger partial charge in [0.25, 0.3) is 5.56 Å². The number of aryl methyl sites for hydroxylation is 1. The summed E-state index contributed by atoms with van der Waals surface area (Å²) in [6, 6.07) is 13.9. The Balaban J connectivity index is 1.51. The fourth-order valence-electron chi connectivity index (χ4n) is 5.75. The number of benzene rings is 2. The first kappa shape index (κ1) is 21.4. The van der Waals surface area contributed by atoms with Gasteiger partial charge in [-0.3, -0.25) is 9.36 Å². The summed E-state index contributed by atoms with van der Waals surface area (Å²) in [5, 5.41) is 0.562. The van der Waals surface area contributed by atoms with Crippen LogP contribution in [0.4, 0.5) is 0 Å². The maximum Gasteiger partial charge on any atom is 0.265 e. The van der Waals surface area contributed by atoms with E-state index < -0.39 is 0 Å².